The molecular formula is C16H15NO4. The van der Waals surface area contributed by atoms with E-state index in [0.29, 0.717) is 24.3 Å². The van der Waals surface area contributed by atoms with E-state index in [1.807, 2.05) is 12.2 Å². The van der Waals surface area contributed by atoms with Crippen LogP contribution in [-0.4, -0.2) is 17.8 Å². The van der Waals surface area contributed by atoms with Crippen LogP contribution in [0.3, 0.4) is 0 Å². The molecule has 0 aromatic heterocycles. The highest BCUT2D eigenvalue weighted by atomic mass is 16.5. The van der Waals surface area contributed by atoms with E-state index in [-0.39, 0.29) is 23.7 Å². The molecule has 2 aliphatic rings. The highest BCUT2D eigenvalue weighted by Crippen LogP contribution is 2.38. The largest absolute Gasteiger partial charge is 0.427 e. The van der Waals surface area contributed by atoms with Crippen molar-refractivity contribution in [2.24, 2.45) is 11.8 Å². The second-order valence-electron chi connectivity index (χ2n) is 5.26. The van der Waals surface area contributed by atoms with E-state index in [4.69, 9.17) is 4.74 Å². The van der Waals surface area contributed by atoms with Gasteiger partial charge in [-0.25, -0.2) is 4.90 Å². The quantitative estimate of drug-likeness (QED) is 0.361. The molecule has 108 valence electrons. The van der Waals surface area contributed by atoms with Crippen molar-refractivity contribution in [3.05, 3.63) is 36.4 Å². The zero-order valence-corrected chi connectivity index (χ0v) is 11.6. The summed E-state index contributed by atoms with van der Waals surface area (Å²) in [4.78, 5) is 37.1. The van der Waals surface area contributed by atoms with Gasteiger partial charge in [-0.15, -0.1) is 0 Å². The predicted octanol–water partition coefficient (Wildman–Crippen LogP) is 2.07. The van der Waals surface area contributed by atoms with Gasteiger partial charge in [-0.3, -0.25) is 14.4 Å². The third-order valence-corrected chi connectivity index (χ3v) is 3.84. The van der Waals surface area contributed by atoms with E-state index in [9.17, 15) is 14.4 Å². The molecule has 5 heteroatoms. The van der Waals surface area contributed by atoms with Gasteiger partial charge in [-0.1, -0.05) is 18.2 Å². The maximum Gasteiger partial charge on any atom is 0.308 e. The molecule has 0 saturated carbocycles. The molecule has 1 heterocycles. The molecular weight excluding hydrogens is 270 g/mol. The zero-order chi connectivity index (χ0) is 15.0. The first-order valence-electron chi connectivity index (χ1n) is 6.89. The summed E-state index contributed by atoms with van der Waals surface area (Å²) >= 11 is 0. The topological polar surface area (TPSA) is 63.7 Å². The fourth-order valence-corrected chi connectivity index (χ4v) is 2.91. The lowest BCUT2D eigenvalue weighted by molar-refractivity contribution is -0.132. The number of rotatable bonds is 2. The molecule has 1 aliphatic carbocycles. The number of anilines is 1. The van der Waals surface area contributed by atoms with Crippen LogP contribution in [0.5, 0.6) is 5.75 Å². The van der Waals surface area contributed by atoms with E-state index in [1.54, 1.807) is 24.3 Å². The van der Waals surface area contributed by atoms with Crippen molar-refractivity contribution in [2.45, 2.75) is 19.8 Å². The van der Waals surface area contributed by atoms with Gasteiger partial charge in [0, 0.05) is 13.0 Å². The summed E-state index contributed by atoms with van der Waals surface area (Å²) in [6, 6.07) is 6.49. The average Bonchev–Trinajstić information content (AvgIpc) is 2.71. The molecule has 0 unspecified atom stereocenters. The van der Waals surface area contributed by atoms with E-state index in [2.05, 4.69) is 0 Å². The van der Waals surface area contributed by atoms with Crippen LogP contribution in [0.15, 0.2) is 36.4 Å². The minimum absolute atomic E-state index is 0.172. The second kappa shape index (κ2) is 5.16. The van der Waals surface area contributed by atoms with Gasteiger partial charge >= 0.3 is 5.97 Å². The van der Waals surface area contributed by atoms with Crippen LogP contribution in [0.25, 0.3) is 0 Å². The monoisotopic (exact) mass is 285 g/mol. The fraction of sp³-hybridized carbons (Fsp3) is 0.312. The Morgan fingerprint density at radius 2 is 1.76 bits per heavy atom. The van der Waals surface area contributed by atoms with Gasteiger partial charge in [0.15, 0.2) is 0 Å². The number of fused-ring (bicyclic) bond motifs is 1. The number of imide groups is 1. The Morgan fingerprint density at radius 3 is 2.33 bits per heavy atom. The Labute approximate surface area is 122 Å². The van der Waals surface area contributed by atoms with Gasteiger partial charge in [-0.2, -0.15) is 0 Å². The summed E-state index contributed by atoms with van der Waals surface area (Å²) in [6.45, 7) is 1.30. The number of hydrogen-bond acceptors (Lipinski definition) is 4. The van der Waals surface area contributed by atoms with E-state index in [1.165, 1.54) is 11.8 Å². The van der Waals surface area contributed by atoms with Crippen molar-refractivity contribution in [1.82, 2.24) is 0 Å². The van der Waals surface area contributed by atoms with Crippen LogP contribution < -0.4 is 9.64 Å². The molecule has 3 rings (SSSR count). The average molecular weight is 285 g/mol. The van der Waals surface area contributed by atoms with Crippen LogP contribution in [0.1, 0.15) is 19.8 Å². The number of esters is 1. The Morgan fingerprint density at radius 1 is 1.14 bits per heavy atom. The number of hydrogen-bond donors (Lipinski definition) is 0. The maximum absolute atomic E-state index is 12.4. The predicted molar refractivity (Wildman–Crippen MR) is 75.6 cm³/mol. The highest BCUT2D eigenvalue weighted by Gasteiger charge is 2.47. The first-order chi connectivity index (χ1) is 10.1. The van der Waals surface area contributed by atoms with Gasteiger partial charge in [-0.05, 0) is 25.0 Å². The summed E-state index contributed by atoms with van der Waals surface area (Å²) in [7, 11) is 0. The van der Waals surface area contributed by atoms with Crippen LogP contribution in [0, 0.1) is 11.8 Å². The summed E-state index contributed by atoms with van der Waals surface area (Å²) in [6.07, 6.45) is 5.11. The minimum Gasteiger partial charge on any atom is -0.427 e. The van der Waals surface area contributed by atoms with Crippen molar-refractivity contribution in [1.29, 1.82) is 0 Å². The van der Waals surface area contributed by atoms with E-state index < -0.39 is 5.97 Å². The zero-order valence-electron chi connectivity index (χ0n) is 11.6. The lowest BCUT2D eigenvalue weighted by Crippen LogP contribution is -2.30. The van der Waals surface area contributed by atoms with Crippen molar-refractivity contribution < 1.29 is 19.1 Å². The Kier molecular flexibility index (Phi) is 3.33. The van der Waals surface area contributed by atoms with Crippen LogP contribution in [0.2, 0.25) is 0 Å². The van der Waals surface area contributed by atoms with Gasteiger partial charge in [0.05, 0.1) is 17.5 Å². The fourth-order valence-electron chi connectivity index (χ4n) is 2.91. The first-order valence-corrected chi connectivity index (χ1v) is 6.89. The minimum atomic E-state index is -0.441. The summed E-state index contributed by atoms with van der Waals surface area (Å²) < 4.78 is 5.00. The third-order valence-electron chi connectivity index (χ3n) is 3.84. The number of carbonyl (C=O) groups excluding carboxylic acids is 3. The maximum atomic E-state index is 12.4. The van der Waals surface area contributed by atoms with Gasteiger partial charge in [0.1, 0.15) is 5.75 Å². The normalized spacial score (nSPS) is 24.1. The third kappa shape index (κ3) is 2.35. The molecule has 1 aliphatic heterocycles. The molecule has 5 nitrogen and oxygen atoms in total. The van der Waals surface area contributed by atoms with Crippen LogP contribution >= 0.6 is 0 Å². The molecule has 21 heavy (non-hydrogen) atoms. The molecule has 2 amide bonds. The standard InChI is InChI=1S/C16H15NO4/c1-10(18)21-12-6-4-5-11(9-12)17-15(19)13-7-2-3-8-14(13)16(17)20/h2-6,9,13-14H,7-8H2,1H3/t13-,14+. The number of ether oxygens (including phenoxy) is 1. The van der Waals surface area contributed by atoms with Crippen LogP contribution in [0.4, 0.5) is 5.69 Å². The molecule has 2 atom stereocenters. The lowest BCUT2D eigenvalue weighted by Gasteiger charge is -2.15. The molecule has 0 spiro atoms. The number of allylic oxidation sites excluding steroid dienone is 2. The van der Waals surface area contributed by atoms with E-state index >= 15 is 0 Å². The Bertz CT molecular complexity index is 623. The first kappa shape index (κ1) is 13.5. The molecule has 1 fully saturated rings. The van der Waals surface area contributed by atoms with Crippen molar-refractivity contribution in [2.75, 3.05) is 4.90 Å². The number of nitrogens with zero attached hydrogens (tertiary/aromatic N) is 1. The second-order valence-corrected chi connectivity index (χ2v) is 5.26. The number of carbonyl (C=O) groups is 3. The summed E-state index contributed by atoms with van der Waals surface area (Å²) in [5, 5.41) is 0. The van der Waals surface area contributed by atoms with Gasteiger partial charge < -0.3 is 4.74 Å². The van der Waals surface area contributed by atoms with Gasteiger partial charge in [0.2, 0.25) is 11.8 Å². The summed E-state index contributed by atoms with van der Waals surface area (Å²) in [5.74, 6) is -0.985. The molecule has 0 radical (unpaired) electrons. The van der Waals surface area contributed by atoms with Crippen molar-refractivity contribution in [3.63, 3.8) is 0 Å². The SMILES string of the molecule is CC(=O)Oc1cccc(N2C(=O)[C@H]3CC=CC[C@H]3C2=O)c1. The number of benzene rings is 1. The Hall–Kier alpha value is -2.43. The number of amides is 2. The molecule has 1 aromatic rings. The molecule has 0 bridgehead atoms. The Balaban J connectivity index is 1.92. The van der Waals surface area contributed by atoms with Crippen molar-refractivity contribution >= 4 is 23.5 Å². The lowest BCUT2D eigenvalue weighted by atomic mass is 9.85. The van der Waals surface area contributed by atoms with Crippen molar-refractivity contribution in [3.8, 4) is 5.75 Å². The smallest absolute Gasteiger partial charge is 0.308 e. The summed E-state index contributed by atoms with van der Waals surface area (Å²) in [5.41, 5.74) is 0.457. The molecule has 1 saturated heterocycles. The van der Waals surface area contributed by atoms with Crippen LogP contribution in [-0.2, 0) is 14.4 Å². The van der Waals surface area contributed by atoms with Gasteiger partial charge in [0.25, 0.3) is 0 Å². The molecule has 0 N–H and O–H groups in total. The molecule has 1 aromatic carbocycles. The highest BCUT2D eigenvalue weighted by molar-refractivity contribution is 6.22. The van der Waals surface area contributed by atoms with E-state index in [0.717, 1.165) is 0 Å².